The lowest BCUT2D eigenvalue weighted by atomic mass is 10.2. The van der Waals surface area contributed by atoms with Crippen LogP contribution in [0.2, 0.25) is 0 Å². The number of nitrogens with one attached hydrogen (secondary N) is 1. The molecule has 0 saturated heterocycles. The molecule has 0 radical (unpaired) electrons. The Morgan fingerprint density at radius 1 is 1.69 bits per heavy atom. The van der Waals surface area contributed by atoms with Crippen molar-refractivity contribution in [2.75, 3.05) is 5.75 Å². The molecule has 0 aromatic carbocycles. The van der Waals surface area contributed by atoms with Gasteiger partial charge in [0.05, 0.1) is 11.9 Å². The Morgan fingerprint density at radius 2 is 2.31 bits per heavy atom. The molecule has 16 heavy (non-hydrogen) atoms. The Hall–Kier alpha value is -1.41. The van der Waals surface area contributed by atoms with Crippen molar-refractivity contribution in [3.63, 3.8) is 0 Å². The normalized spacial score (nSPS) is 13.4. The van der Waals surface area contributed by atoms with Gasteiger partial charge in [0.15, 0.2) is 0 Å². The second kappa shape index (κ2) is 4.62. The molecule has 0 spiro atoms. The number of hydrogen-bond donors (Lipinski definition) is 2. The Balaban J connectivity index is 2.76. The van der Waals surface area contributed by atoms with Gasteiger partial charge in [0, 0.05) is 18.8 Å². The molecule has 1 unspecified atom stereocenters. The van der Waals surface area contributed by atoms with Crippen LogP contribution in [-0.4, -0.2) is 29.9 Å². The second-order valence-corrected chi connectivity index (χ2v) is 5.31. The van der Waals surface area contributed by atoms with Crippen molar-refractivity contribution in [1.82, 2.24) is 14.5 Å². The van der Waals surface area contributed by atoms with E-state index in [2.05, 4.69) is 5.10 Å². The summed E-state index contributed by atoms with van der Waals surface area (Å²) in [6.45, 7) is 1.44. The molecule has 0 saturated carbocycles. The first-order valence-corrected chi connectivity index (χ1v) is 6.29. The molecule has 8 heteroatoms. The zero-order valence-electron chi connectivity index (χ0n) is 9.04. The molecule has 0 aliphatic carbocycles. The molecule has 7 nitrogen and oxygen atoms in total. The first-order chi connectivity index (χ1) is 7.35. The number of hydrogen-bond acceptors (Lipinski definition) is 5. The van der Waals surface area contributed by atoms with Gasteiger partial charge in [-0.05, 0) is 6.92 Å². The molecule has 1 aromatic heterocycles. The average molecular weight is 246 g/mol. The molecule has 0 aliphatic rings. The topological polar surface area (TPSA) is 107 Å². The third-order valence-electron chi connectivity index (χ3n) is 2.00. The Morgan fingerprint density at radius 3 is 2.75 bits per heavy atom. The fourth-order valence-electron chi connectivity index (χ4n) is 1.04. The van der Waals surface area contributed by atoms with Gasteiger partial charge in [0.1, 0.15) is 6.04 Å². The number of amides is 1. The predicted octanol–water partition coefficient (Wildman–Crippen LogP) is -1.11. The first-order valence-electron chi connectivity index (χ1n) is 4.64. The van der Waals surface area contributed by atoms with Gasteiger partial charge >= 0.3 is 0 Å². The van der Waals surface area contributed by atoms with Crippen LogP contribution >= 0.6 is 0 Å². The summed E-state index contributed by atoms with van der Waals surface area (Å²) in [5.41, 5.74) is 6.05. The van der Waals surface area contributed by atoms with Crippen molar-refractivity contribution in [1.29, 1.82) is 0 Å². The van der Waals surface area contributed by atoms with Crippen LogP contribution in [0.1, 0.15) is 18.5 Å². The summed E-state index contributed by atoms with van der Waals surface area (Å²) in [7, 11) is -1.89. The minimum Gasteiger partial charge on any atom is -0.316 e. The number of nitrogens with zero attached hydrogens (tertiary/aromatic N) is 2. The van der Waals surface area contributed by atoms with E-state index in [0.29, 0.717) is 5.56 Å². The quantitative estimate of drug-likeness (QED) is 0.700. The molecule has 0 fully saturated rings. The lowest BCUT2D eigenvalue weighted by molar-refractivity contribution is -0.120. The molecule has 1 aromatic rings. The maximum absolute atomic E-state index is 11.5. The largest absolute Gasteiger partial charge is 0.316 e. The summed E-state index contributed by atoms with van der Waals surface area (Å²) >= 11 is 0. The van der Waals surface area contributed by atoms with E-state index in [1.165, 1.54) is 17.8 Å². The van der Waals surface area contributed by atoms with Gasteiger partial charge in [-0.1, -0.05) is 0 Å². The van der Waals surface area contributed by atoms with E-state index in [-0.39, 0.29) is 5.75 Å². The third-order valence-corrected chi connectivity index (χ3v) is 3.27. The highest BCUT2D eigenvalue weighted by Gasteiger charge is 2.21. The van der Waals surface area contributed by atoms with Gasteiger partial charge in [-0.3, -0.25) is 14.2 Å². The number of rotatable bonds is 4. The van der Waals surface area contributed by atoms with Crippen molar-refractivity contribution in [3.8, 4) is 0 Å². The van der Waals surface area contributed by atoms with Gasteiger partial charge in [0.25, 0.3) is 5.91 Å². The molecule has 90 valence electrons. The van der Waals surface area contributed by atoms with Crippen molar-refractivity contribution >= 4 is 15.9 Å². The van der Waals surface area contributed by atoms with Gasteiger partial charge in [-0.2, -0.15) is 5.10 Å². The fraction of sp³-hybridized carbons (Fsp3) is 0.500. The van der Waals surface area contributed by atoms with Crippen LogP contribution < -0.4 is 10.5 Å². The third kappa shape index (κ3) is 3.04. The van der Waals surface area contributed by atoms with Crippen molar-refractivity contribution in [2.45, 2.75) is 13.0 Å². The summed E-state index contributed by atoms with van der Waals surface area (Å²) in [6, 6.07) is -1.03. The standard InChI is InChI=1S/C8H14N4O3S/c1-3-16(14,15)11-8(13)7(9)6-4-10-12(2)5-6/h4-5,7H,3,9H2,1-2H3,(H,11,13). The van der Waals surface area contributed by atoms with Crippen LogP contribution in [-0.2, 0) is 21.9 Å². The highest BCUT2D eigenvalue weighted by Crippen LogP contribution is 2.08. The number of sulfonamides is 1. The van der Waals surface area contributed by atoms with Gasteiger partial charge in [0.2, 0.25) is 10.0 Å². The lowest BCUT2D eigenvalue weighted by Gasteiger charge is -2.09. The van der Waals surface area contributed by atoms with E-state index in [4.69, 9.17) is 5.73 Å². The molecule has 0 aliphatic heterocycles. The van der Waals surface area contributed by atoms with E-state index < -0.39 is 22.0 Å². The Kier molecular flexibility index (Phi) is 3.66. The van der Waals surface area contributed by atoms with Crippen LogP contribution in [0.15, 0.2) is 12.4 Å². The second-order valence-electron chi connectivity index (χ2n) is 3.29. The Labute approximate surface area is 93.7 Å². The SMILES string of the molecule is CCS(=O)(=O)NC(=O)C(N)c1cnn(C)c1. The fourth-order valence-corrected chi connectivity index (χ4v) is 1.62. The predicted molar refractivity (Wildman–Crippen MR) is 57.7 cm³/mol. The monoisotopic (exact) mass is 246 g/mol. The molecule has 0 bridgehead atoms. The van der Waals surface area contributed by atoms with Crippen LogP contribution in [0.3, 0.4) is 0 Å². The summed E-state index contributed by atoms with van der Waals surface area (Å²) in [4.78, 5) is 11.5. The van der Waals surface area contributed by atoms with E-state index in [0.717, 1.165) is 0 Å². The van der Waals surface area contributed by atoms with Gasteiger partial charge in [-0.15, -0.1) is 0 Å². The minimum absolute atomic E-state index is 0.168. The van der Waals surface area contributed by atoms with Crippen molar-refractivity contribution < 1.29 is 13.2 Å². The molecule has 3 N–H and O–H groups in total. The molecular weight excluding hydrogens is 232 g/mol. The number of carbonyl (C=O) groups excluding carboxylic acids is 1. The van der Waals surface area contributed by atoms with Crippen molar-refractivity contribution in [3.05, 3.63) is 18.0 Å². The van der Waals surface area contributed by atoms with E-state index in [1.807, 2.05) is 4.72 Å². The summed E-state index contributed by atoms with van der Waals surface area (Å²) in [5, 5.41) is 3.84. The molecule has 1 heterocycles. The summed E-state index contributed by atoms with van der Waals surface area (Å²) in [5.74, 6) is -0.923. The van der Waals surface area contributed by atoms with E-state index in [9.17, 15) is 13.2 Å². The number of aryl methyl sites for hydroxylation is 1. The van der Waals surface area contributed by atoms with Crippen LogP contribution in [0, 0.1) is 0 Å². The van der Waals surface area contributed by atoms with Crippen LogP contribution in [0.25, 0.3) is 0 Å². The minimum atomic E-state index is -3.57. The molecular formula is C8H14N4O3S. The number of carbonyl (C=O) groups is 1. The lowest BCUT2D eigenvalue weighted by Crippen LogP contribution is -2.38. The zero-order chi connectivity index (χ0) is 12.3. The smallest absolute Gasteiger partial charge is 0.255 e. The highest BCUT2D eigenvalue weighted by atomic mass is 32.2. The number of aromatic nitrogens is 2. The van der Waals surface area contributed by atoms with E-state index >= 15 is 0 Å². The summed E-state index contributed by atoms with van der Waals surface area (Å²) < 4.78 is 25.7. The maximum atomic E-state index is 11.5. The highest BCUT2D eigenvalue weighted by molar-refractivity contribution is 7.90. The van der Waals surface area contributed by atoms with Gasteiger partial charge < -0.3 is 5.73 Å². The zero-order valence-corrected chi connectivity index (χ0v) is 9.86. The van der Waals surface area contributed by atoms with Crippen LogP contribution in [0.5, 0.6) is 0 Å². The number of nitrogens with two attached hydrogens (primary N) is 1. The maximum Gasteiger partial charge on any atom is 0.255 e. The van der Waals surface area contributed by atoms with Crippen molar-refractivity contribution in [2.24, 2.45) is 12.8 Å². The van der Waals surface area contributed by atoms with Gasteiger partial charge in [-0.25, -0.2) is 8.42 Å². The Bertz CT molecular complexity index is 479. The molecule has 1 rings (SSSR count). The molecule has 1 atom stereocenters. The average Bonchev–Trinajstić information content (AvgIpc) is 2.63. The first kappa shape index (κ1) is 12.7. The van der Waals surface area contributed by atoms with E-state index in [1.54, 1.807) is 13.2 Å². The summed E-state index contributed by atoms with van der Waals surface area (Å²) in [6.07, 6.45) is 2.98. The molecule has 1 amide bonds. The van der Waals surface area contributed by atoms with Crippen LogP contribution in [0.4, 0.5) is 0 Å².